The summed E-state index contributed by atoms with van der Waals surface area (Å²) in [4.78, 5) is 12.2. The zero-order valence-corrected chi connectivity index (χ0v) is 12.1. The molecule has 2 rings (SSSR count). The monoisotopic (exact) mass is 283 g/mol. The molecule has 2 aromatic heterocycles. The molecule has 0 spiro atoms. The number of nitrogens with zero attached hydrogens (tertiary/aromatic N) is 4. The van der Waals surface area contributed by atoms with E-state index in [0.29, 0.717) is 18.2 Å². The van der Waals surface area contributed by atoms with Crippen molar-refractivity contribution in [2.45, 2.75) is 32.9 Å². The number of hydrogen-bond acceptors (Lipinski definition) is 6. The van der Waals surface area contributed by atoms with E-state index in [4.69, 9.17) is 10.00 Å². The Morgan fingerprint density at radius 3 is 2.86 bits per heavy atom. The van der Waals surface area contributed by atoms with Crippen LogP contribution in [0.15, 0.2) is 30.7 Å². The van der Waals surface area contributed by atoms with Gasteiger partial charge < -0.3 is 10.1 Å². The molecule has 21 heavy (non-hydrogen) atoms. The molecule has 0 radical (unpaired) electrons. The quantitative estimate of drug-likeness (QED) is 0.877. The van der Waals surface area contributed by atoms with Crippen molar-refractivity contribution in [2.24, 2.45) is 0 Å². The molecular formula is C15H17N5O. The second-order valence-electron chi connectivity index (χ2n) is 4.56. The van der Waals surface area contributed by atoms with Crippen LogP contribution in [0.4, 0.5) is 5.82 Å². The molecule has 2 aromatic rings. The van der Waals surface area contributed by atoms with Crippen LogP contribution in [0.3, 0.4) is 0 Å². The largest absolute Gasteiger partial charge is 0.475 e. The van der Waals surface area contributed by atoms with E-state index in [-0.39, 0.29) is 11.8 Å². The molecule has 0 aliphatic heterocycles. The molecule has 0 fully saturated rings. The van der Waals surface area contributed by atoms with Crippen molar-refractivity contribution in [3.63, 3.8) is 0 Å². The normalized spacial score (nSPS) is 11.5. The molecule has 108 valence electrons. The fourth-order valence-electron chi connectivity index (χ4n) is 1.65. The summed E-state index contributed by atoms with van der Waals surface area (Å²) >= 11 is 0. The van der Waals surface area contributed by atoms with Gasteiger partial charge in [-0.05, 0) is 25.0 Å². The molecule has 0 aromatic carbocycles. The van der Waals surface area contributed by atoms with Crippen molar-refractivity contribution in [2.75, 3.05) is 5.32 Å². The third-order valence-corrected chi connectivity index (χ3v) is 2.96. The first-order valence-electron chi connectivity index (χ1n) is 6.79. The van der Waals surface area contributed by atoms with Gasteiger partial charge in [0.2, 0.25) is 5.88 Å². The summed E-state index contributed by atoms with van der Waals surface area (Å²) in [6.45, 7) is 4.59. The van der Waals surface area contributed by atoms with Crippen LogP contribution in [0.5, 0.6) is 5.88 Å². The predicted octanol–water partition coefficient (Wildman–Crippen LogP) is 2.53. The van der Waals surface area contributed by atoms with Gasteiger partial charge in [-0.15, -0.1) is 0 Å². The van der Waals surface area contributed by atoms with Gasteiger partial charge >= 0.3 is 0 Å². The fraction of sp³-hybridized carbons (Fsp3) is 0.333. The van der Waals surface area contributed by atoms with Crippen molar-refractivity contribution in [1.82, 2.24) is 15.0 Å². The second kappa shape index (κ2) is 7.20. The molecule has 0 saturated carbocycles. The lowest BCUT2D eigenvalue weighted by atomic mass is 10.2. The third kappa shape index (κ3) is 4.14. The molecule has 1 N–H and O–H groups in total. The molecule has 0 bridgehead atoms. The maximum absolute atomic E-state index is 8.96. The molecule has 0 aliphatic rings. The molecule has 6 heteroatoms. The number of rotatable bonds is 6. The molecule has 2 heterocycles. The maximum atomic E-state index is 8.96. The third-order valence-electron chi connectivity index (χ3n) is 2.96. The first-order valence-corrected chi connectivity index (χ1v) is 6.79. The van der Waals surface area contributed by atoms with Gasteiger partial charge in [0, 0.05) is 31.2 Å². The van der Waals surface area contributed by atoms with Crippen LogP contribution in [-0.2, 0) is 6.54 Å². The molecule has 0 amide bonds. The van der Waals surface area contributed by atoms with Crippen LogP contribution in [0, 0.1) is 11.3 Å². The number of pyridine rings is 1. The summed E-state index contributed by atoms with van der Waals surface area (Å²) in [6.07, 6.45) is 5.80. The highest BCUT2D eigenvalue weighted by Gasteiger charge is 2.06. The first-order chi connectivity index (χ1) is 10.2. The van der Waals surface area contributed by atoms with E-state index in [1.165, 1.54) is 6.20 Å². The topological polar surface area (TPSA) is 83.7 Å². The van der Waals surface area contributed by atoms with Crippen LogP contribution in [0.2, 0.25) is 0 Å². The van der Waals surface area contributed by atoms with Crippen LogP contribution >= 0.6 is 0 Å². The van der Waals surface area contributed by atoms with E-state index < -0.39 is 0 Å². The number of ether oxygens (including phenoxy) is 1. The van der Waals surface area contributed by atoms with Gasteiger partial charge in [-0.1, -0.05) is 6.92 Å². The number of aromatic nitrogens is 3. The Hall–Kier alpha value is -2.68. The fourth-order valence-corrected chi connectivity index (χ4v) is 1.65. The molecule has 0 aliphatic carbocycles. The summed E-state index contributed by atoms with van der Waals surface area (Å²) in [6, 6.07) is 5.77. The summed E-state index contributed by atoms with van der Waals surface area (Å²) in [7, 11) is 0. The maximum Gasteiger partial charge on any atom is 0.213 e. The Balaban J connectivity index is 2.03. The standard InChI is InChI=1S/C15H17N5O/c1-3-11(2)21-14-8-12(4-5-18-14)10-20-15-13(9-16)17-6-7-19-15/h4-8,11H,3,10H2,1-2H3,(H,19,20)/t11-/m1/s1. The summed E-state index contributed by atoms with van der Waals surface area (Å²) in [5, 5.41) is 12.1. The van der Waals surface area contributed by atoms with E-state index in [1.54, 1.807) is 12.4 Å². The number of anilines is 1. The Labute approximate surface area is 123 Å². The minimum Gasteiger partial charge on any atom is -0.475 e. The van der Waals surface area contributed by atoms with Gasteiger partial charge in [0.05, 0.1) is 6.10 Å². The van der Waals surface area contributed by atoms with Gasteiger partial charge in [-0.25, -0.2) is 15.0 Å². The van der Waals surface area contributed by atoms with Crippen LogP contribution in [0.1, 0.15) is 31.5 Å². The Morgan fingerprint density at radius 1 is 1.29 bits per heavy atom. The molecule has 6 nitrogen and oxygen atoms in total. The van der Waals surface area contributed by atoms with E-state index in [2.05, 4.69) is 27.2 Å². The zero-order valence-electron chi connectivity index (χ0n) is 12.1. The highest BCUT2D eigenvalue weighted by Crippen LogP contribution is 2.14. The van der Waals surface area contributed by atoms with Crippen LogP contribution in [-0.4, -0.2) is 21.1 Å². The van der Waals surface area contributed by atoms with E-state index >= 15 is 0 Å². The van der Waals surface area contributed by atoms with Crippen molar-refractivity contribution in [3.05, 3.63) is 42.0 Å². The van der Waals surface area contributed by atoms with Gasteiger partial charge in [-0.3, -0.25) is 0 Å². The summed E-state index contributed by atoms with van der Waals surface area (Å²) in [5.41, 5.74) is 1.28. The average molecular weight is 283 g/mol. The summed E-state index contributed by atoms with van der Waals surface area (Å²) in [5.74, 6) is 1.07. The lowest BCUT2D eigenvalue weighted by Gasteiger charge is -2.12. The first kappa shape index (κ1) is 14.7. The molecule has 1 atom stereocenters. The Morgan fingerprint density at radius 2 is 2.10 bits per heavy atom. The second-order valence-corrected chi connectivity index (χ2v) is 4.56. The molecule has 0 unspecified atom stereocenters. The zero-order chi connectivity index (χ0) is 15.1. The number of hydrogen-bond donors (Lipinski definition) is 1. The highest BCUT2D eigenvalue weighted by molar-refractivity contribution is 5.47. The van der Waals surface area contributed by atoms with Crippen molar-refractivity contribution in [1.29, 1.82) is 5.26 Å². The van der Waals surface area contributed by atoms with Crippen LogP contribution in [0.25, 0.3) is 0 Å². The average Bonchev–Trinajstić information content (AvgIpc) is 2.53. The van der Waals surface area contributed by atoms with E-state index in [0.717, 1.165) is 12.0 Å². The van der Waals surface area contributed by atoms with Gasteiger partial charge in [0.1, 0.15) is 6.07 Å². The summed E-state index contributed by atoms with van der Waals surface area (Å²) < 4.78 is 5.68. The van der Waals surface area contributed by atoms with Crippen molar-refractivity contribution in [3.8, 4) is 11.9 Å². The lowest BCUT2D eigenvalue weighted by molar-refractivity contribution is 0.208. The highest BCUT2D eigenvalue weighted by atomic mass is 16.5. The van der Waals surface area contributed by atoms with Gasteiger partial charge in [-0.2, -0.15) is 5.26 Å². The number of nitrogens with one attached hydrogen (secondary N) is 1. The minimum atomic E-state index is 0.130. The van der Waals surface area contributed by atoms with Crippen molar-refractivity contribution >= 4 is 5.82 Å². The molecule has 0 saturated heterocycles. The lowest BCUT2D eigenvalue weighted by Crippen LogP contribution is -2.11. The van der Waals surface area contributed by atoms with E-state index in [1.807, 2.05) is 25.1 Å². The van der Waals surface area contributed by atoms with Gasteiger partial charge in [0.25, 0.3) is 0 Å². The Bertz CT molecular complexity index is 638. The minimum absolute atomic E-state index is 0.130. The number of nitriles is 1. The van der Waals surface area contributed by atoms with E-state index in [9.17, 15) is 0 Å². The SMILES string of the molecule is CC[C@@H](C)Oc1cc(CNc2nccnc2C#N)ccn1. The van der Waals surface area contributed by atoms with Crippen LogP contribution < -0.4 is 10.1 Å². The Kier molecular flexibility index (Phi) is 5.04. The predicted molar refractivity (Wildman–Crippen MR) is 78.7 cm³/mol. The smallest absolute Gasteiger partial charge is 0.213 e. The molecular weight excluding hydrogens is 266 g/mol. The van der Waals surface area contributed by atoms with Gasteiger partial charge in [0.15, 0.2) is 11.5 Å². The van der Waals surface area contributed by atoms with Crippen molar-refractivity contribution < 1.29 is 4.74 Å².